The third kappa shape index (κ3) is 2.42. The topological polar surface area (TPSA) is 3.24 Å². The molecule has 0 radical (unpaired) electrons. The summed E-state index contributed by atoms with van der Waals surface area (Å²) in [5, 5.41) is 0.453. The zero-order valence-electron chi connectivity index (χ0n) is 11.2. The lowest BCUT2D eigenvalue weighted by Crippen LogP contribution is -2.60. The van der Waals surface area contributed by atoms with Crippen LogP contribution in [0.4, 0.5) is 0 Å². The molecule has 0 spiro atoms. The number of hydrogen-bond acceptors (Lipinski definition) is 1. The van der Waals surface area contributed by atoms with Crippen molar-refractivity contribution in [3.63, 3.8) is 0 Å². The number of halogens is 1. The number of nitrogens with zero attached hydrogens (tertiary/aromatic N) is 1. The fraction of sp³-hybridized carbons (Fsp3) is 1.00. The maximum atomic E-state index is 6.38. The zero-order chi connectivity index (χ0) is 12.0. The van der Waals surface area contributed by atoms with Crippen molar-refractivity contribution in [1.29, 1.82) is 0 Å². The molecule has 1 aliphatic carbocycles. The Kier molecular flexibility index (Phi) is 3.62. The Morgan fingerprint density at radius 3 is 2.06 bits per heavy atom. The average Bonchev–Trinajstić information content (AvgIpc) is 2.35. The van der Waals surface area contributed by atoms with E-state index >= 15 is 0 Å². The highest BCUT2D eigenvalue weighted by molar-refractivity contribution is 6.95. The summed E-state index contributed by atoms with van der Waals surface area (Å²) in [5.74, 6) is 0. The molecule has 94 valence electrons. The summed E-state index contributed by atoms with van der Waals surface area (Å²) in [7, 11) is -2.17. The van der Waals surface area contributed by atoms with E-state index in [1.807, 2.05) is 0 Å². The molecular weight excluding hydrogens is 250 g/mol. The first kappa shape index (κ1) is 13.1. The maximum absolute atomic E-state index is 6.38. The van der Waals surface area contributed by atoms with Gasteiger partial charge >= 0.3 is 0 Å². The Balaban J connectivity index is 2.16. The molecule has 1 saturated carbocycles. The third-order valence-corrected chi connectivity index (χ3v) is 15.4. The molecule has 2 aliphatic rings. The minimum absolute atomic E-state index is 0.453. The molecule has 2 rings (SSSR count). The van der Waals surface area contributed by atoms with Crippen LogP contribution in [-0.2, 0) is 0 Å². The largest absolute Gasteiger partial charge is 0.343 e. The molecule has 0 aromatic rings. The molecule has 1 saturated heterocycles. The first-order valence-electron chi connectivity index (χ1n) is 6.76. The van der Waals surface area contributed by atoms with Gasteiger partial charge in [0.1, 0.15) is 16.5 Å². The fourth-order valence-corrected chi connectivity index (χ4v) is 19.4. The number of alkyl halides is 1. The van der Waals surface area contributed by atoms with Gasteiger partial charge in [0.25, 0.3) is 0 Å². The van der Waals surface area contributed by atoms with E-state index in [1.54, 1.807) is 0 Å². The minimum Gasteiger partial charge on any atom is -0.343 e. The van der Waals surface area contributed by atoms with E-state index < -0.39 is 16.5 Å². The van der Waals surface area contributed by atoms with Crippen LogP contribution in [-0.4, -0.2) is 32.1 Å². The van der Waals surface area contributed by atoms with Gasteiger partial charge in [-0.25, -0.2) is 0 Å². The van der Waals surface area contributed by atoms with Crippen LogP contribution in [0.3, 0.4) is 0 Å². The summed E-state index contributed by atoms with van der Waals surface area (Å²) < 4.78 is 3.05. The molecule has 1 nitrogen and oxygen atoms in total. The summed E-state index contributed by atoms with van der Waals surface area (Å²) in [6, 6.07) is 3.88. The molecule has 0 aromatic heterocycles. The smallest absolute Gasteiger partial charge is 0.115 e. The van der Waals surface area contributed by atoms with Gasteiger partial charge in [-0.1, -0.05) is 32.6 Å². The van der Waals surface area contributed by atoms with Gasteiger partial charge in [-0.15, -0.1) is 11.6 Å². The fourth-order valence-electron chi connectivity index (χ4n) is 4.00. The van der Waals surface area contributed by atoms with E-state index in [4.69, 9.17) is 11.6 Å². The molecular formula is C12H26ClNSi2. The number of rotatable bonds is 1. The molecule has 2 atom stereocenters. The molecule has 1 aliphatic heterocycles. The van der Waals surface area contributed by atoms with Gasteiger partial charge in [-0.05, 0) is 37.4 Å². The van der Waals surface area contributed by atoms with Crippen molar-refractivity contribution in [3.05, 3.63) is 0 Å². The van der Waals surface area contributed by atoms with Crippen LogP contribution in [0.5, 0.6) is 0 Å². The second-order valence-corrected chi connectivity index (χ2v) is 17.2. The van der Waals surface area contributed by atoms with Gasteiger partial charge in [0.2, 0.25) is 0 Å². The lowest BCUT2D eigenvalue weighted by molar-refractivity contribution is 0.332. The molecule has 2 unspecified atom stereocenters. The Hall–Kier alpha value is 0.684. The first-order chi connectivity index (χ1) is 7.33. The molecule has 4 heteroatoms. The predicted octanol–water partition coefficient (Wildman–Crippen LogP) is 4.26. The Morgan fingerprint density at radius 2 is 1.56 bits per heavy atom. The van der Waals surface area contributed by atoms with Crippen molar-refractivity contribution >= 4 is 28.1 Å². The van der Waals surface area contributed by atoms with Gasteiger partial charge in [0, 0.05) is 5.38 Å². The van der Waals surface area contributed by atoms with E-state index in [9.17, 15) is 0 Å². The maximum Gasteiger partial charge on any atom is 0.115 e. The van der Waals surface area contributed by atoms with E-state index in [2.05, 4.69) is 30.4 Å². The molecule has 0 aromatic carbocycles. The van der Waals surface area contributed by atoms with Crippen LogP contribution in [0, 0.1) is 0 Å². The van der Waals surface area contributed by atoms with E-state index in [1.165, 1.54) is 37.8 Å². The minimum atomic E-state index is -1.09. The predicted molar refractivity (Wildman–Crippen MR) is 78.3 cm³/mol. The highest BCUT2D eigenvalue weighted by Crippen LogP contribution is 2.42. The average molecular weight is 276 g/mol. The Bertz CT molecular complexity index is 252. The lowest BCUT2D eigenvalue weighted by Gasteiger charge is -2.47. The van der Waals surface area contributed by atoms with E-state index in [-0.39, 0.29) is 0 Å². The van der Waals surface area contributed by atoms with Crippen LogP contribution in [0.15, 0.2) is 0 Å². The van der Waals surface area contributed by atoms with Crippen molar-refractivity contribution in [3.8, 4) is 0 Å². The monoisotopic (exact) mass is 275 g/mol. The molecule has 2 fully saturated rings. The van der Waals surface area contributed by atoms with Crippen molar-refractivity contribution in [2.24, 2.45) is 0 Å². The summed E-state index contributed by atoms with van der Waals surface area (Å²) in [4.78, 5) is 0. The number of hydrogen-bond donors (Lipinski definition) is 0. The van der Waals surface area contributed by atoms with Gasteiger partial charge < -0.3 is 4.23 Å². The first-order valence-corrected chi connectivity index (χ1v) is 13.5. The SMILES string of the molecule is C[Si]1(C)CC[Si](C)(C)N1C1CCCC(Cl)C1. The molecule has 0 bridgehead atoms. The van der Waals surface area contributed by atoms with Crippen LogP contribution in [0.2, 0.25) is 38.3 Å². The van der Waals surface area contributed by atoms with Gasteiger partial charge in [0.15, 0.2) is 0 Å². The van der Waals surface area contributed by atoms with Crippen LogP contribution in [0.1, 0.15) is 25.7 Å². The van der Waals surface area contributed by atoms with Crippen LogP contribution < -0.4 is 0 Å². The third-order valence-electron chi connectivity index (χ3n) is 4.60. The Labute approximate surface area is 108 Å². The quantitative estimate of drug-likeness (QED) is 0.511. The van der Waals surface area contributed by atoms with Crippen molar-refractivity contribution in [2.75, 3.05) is 0 Å². The van der Waals surface area contributed by atoms with Crippen molar-refractivity contribution < 1.29 is 0 Å². The normalized spacial score (nSPS) is 38.8. The van der Waals surface area contributed by atoms with Gasteiger partial charge in [0.05, 0.1) is 0 Å². The second kappa shape index (κ2) is 4.41. The standard InChI is InChI=1S/C12H26ClNSi2/c1-15(2)8-9-16(3,4)14(15)12-7-5-6-11(13)10-12/h11-12H,5-10H2,1-4H3. The van der Waals surface area contributed by atoms with Crippen molar-refractivity contribution in [2.45, 2.75) is 75.4 Å². The van der Waals surface area contributed by atoms with Crippen molar-refractivity contribution in [1.82, 2.24) is 4.23 Å². The summed E-state index contributed by atoms with van der Waals surface area (Å²) in [6.07, 6.45) is 5.27. The lowest BCUT2D eigenvalue weighted by atomic mass is 9.96. The van der Waals surface area contributed by atoms with Gasteiger partial charge in [-0.3, -0.25) is 0 Å². The molecule has 0 N–H and O–H groups in total. The van der Waals surface area contributed by atoms with Gasteiger partial charge in [-0.2, -0.15) is 0 Å². The highest BCUT2D eigenvalue weighted by atomic mass is 35.5. The Morgan fingerprint density at radius 1 is 1.00 bits per heavy atom. The molecule has 16 heavy (non-hydrogen) atoms. The molecule has 0 amide bonds. The van der Waals surface area contributed by atoms with Crippen LogP contribution >= 0.6 is 11.6 Å². The van der Waals surface area contributed by atoms with E-state index in [0.717, 1.165) is 6.04 Å². The van der Waals surface area contributed by atoms with E-state index in [0.29, 0.717) is 5.38 Å². The zero-order valence-corrected chi connectivity index (χ0v) is 14.0. The second-order valence-electron chi connectivity index (χ2n) is 6.91. The highest BCUT2D eigenvalue weighted by Gasteiger charge is 2.50. The summed E-state index contributed by atoms with van der Waals surface area (Å²) in [6.45, 7) is 10.3. The van der Waals surface area contributed by atoms with Crippen LogP contribution in [0.25, 0.3) is 0 Å². The molecule has 1 heterocycles. The summed E-state index contributed by atoms with van der Waals surface area (Å²) >= 11 is 6.38. The summed E-state index contributed by atoms with van der Waals surface area (Å²) in [5.41, 5.74) is 0.